The van der Waals surface area contributed by atoms with Gasteiger partial charge in [0.25, 0.3) is 0 Å². The zero-order valence-corrected chi connectivity index (χ0v) is 9.80. The zero-order chi connectivity index (χ0) is 10.7. The fraction of sp³-hybridized carbons (Fsp3) is 0.333. The summed E-state index contributed by atoms with van der Waals surface area (Å²) in [7, 11) is 1.96. The molecule has 2 rings (SSSR count). The van der Waals surface area contributed by atoms with Gasteiger partial charge in [-0.05, 0) is 42.6 Å². The van der Waals surface area contributed by atoms with E-state index in [2.05, 4.69) is 23.7 Å². The number of aryl methyl sites for hydroxylation is 1. The van der Waals surface area contributed by atoms with Gasteiger partial charge in [-0.1, -0.05) is 6.92 Å². The normalized spacial score (nSPS) is 12.9. The van der Waals surface area contributed by atoms with Crippen molar-refractivity contribution >= 4 is 11.3 Å². The summed E-state index contributed by atoms with van der Waals surface area (Å²) < 4.78 is 5.45. The van der Waals surface area contributed by atoms with Crippen LogP contribution in [0.25, 0.3) is 0 Å². The van der Waals surface area contributed by atoms with Gasteiger partial charge in [0.2, 0.25) is 0 Å². The number of hydrogen-bond donors (Lipinski definition) is 1. The second-order valence-corrected chi connectivity index (χ2v) is 4.35. The Hall–Kier alpha value is -1.06. The van der Waals surface area contributed by atoms with E-state index < -0.39 is 0 Å². The van der Waals surface area contributed by atoms with E-state index in [4.69, 9.17) is 4.42 Å². The Morgan fingerprint density at radius 3 is 2.93 bits per heavy atom. The highest BCUT2D eigenvalue weighted by Gasteiger charge is 2.18. The van der Waals surface area contributed by atoms with Crippen molar-refractivity contribution in [2.45, 2.75) is 19.4 Å². The topological polar surface area (TPSA) is 25.2 Å². The number of hydrogen-bond acceptors (Lipinski definition) is 3. The smallest absolute Gasteiger partial charge is 0.126 e. The van der Waals surface area contributed by atoms with Gasteiger partial charge in [-0.25, -0.2) is 0 Å². The van der Waals surface area contributed by atoms with Crippen molar-refractivity contribution in [3.63, 3.8) is 0 Å². The number of rotatable bonds is 4. The van der Waals surface area contributed by atoms with E-state index >= 15 is 0 Å². The predicted molar refractivity (Wildman–Crippen MR) is 63.3 cm³/mol. The van der Waals surface area contributed by atoms with E-state index in [-0.39, 0.29) is 6.04 Å². The van der Waals surface area contributed by atoms with Crippen LogP contribution in [-0.4, -0.2) is 7.05 Å². The van der Waals surface area contributed by atoms with E-state index in [0.717, 1.165) is 12.2 Å². The summed E-state index contributed by atoms with van der Waals surface area (Å²) in [5.41, 5.74) is 1.40. The van der Waals surface area contributed by atoms with Gasteiger partial charge in [0.05, 0.1) is 6.26 Å². The van der Waals surface area contributed by atoms with E-state index in [1.165, 1.54) is 10.4 Å². The molecule has 0 aliphatic heterocycles. The molecule has 0 aromatic carbocycles. The third kappa shape index (κ3) is 1.98. The van der Waals surface area contributed by atoms with Gasteiger partial charge >= 0.3 is 0 Å². The summed E-state index contributed by atoms with van der Waals surface area (Å²) in [6.07, 6.45) is 2.79. The molecule has 2 aromatic rings. The van der Waals surface area contributed by atoms with Gasteiger partial charge in [0.15, 0.2) is 0 Å². The molecule has 0 spiro atoms. The molecule has 3 heteroatoms. The summed E-state index contributed by atoms with van der Waals surface area (Å²) >= 11 is 1.78. The van der Waals surface area contributed by atoms with Crippen molar-refractivity contribution in [2.75, 3.05) is 7.05 Å². The summed E-state index contributed by atoms with van der Waals surface area (Å²) in [5.74, 6) is 0.981. The summed E-state index contributed by atoms with van der Waals surface area (Å²) in [6, 6.07) is 6.32. The van der Waals surface area contributed by atoms with Crippen molar-refractivity contribution in [3.8, 4) is 0 Å². The van der Waals surface area contributed by atoms with Crippen LogP contribution in [-0.2, 0) is 6.42 Å². The lowest BCUT2D eigenvalue weighted by Crippen LogP contribution is -2.16. The molecule has 0 fully saturated rings. The first-order valence-electron chi connectivity index (χ1n) is 5.13. The maximum Gasteiger partial charge on any atom is 0.126 e. The molecule has 0 radical (unpaired) electrons. The lowest BCUT2D eigenvalue weighted by atomic mass is 10.1. The highest BCUT2D eigenvalue weighted by molar-refractivity contribution is 7.10. The van der Waals surface area contributed by atoms with Gasteiger partial charge in [-0.15, -0.1) is 11.3 Å². The van der Waals surface area contributed by atoms with Crippen LogP contribution in [0.3, 0.4) is 0 Å². The first-order valence-corrected chi connectivity index (χ1v) is 6.01. The molecule has 2 heterocycles. The Bertz CT molecular complexity index is 405. The Kier molecular flexibility index (Phi) is 3.23. The van der Waals surface area contributed by atoms with Crippen LogP contribution >= 0.6 is 11.3 Å². The van der Waals surface area contributed by atoms with E-state index in [1.54, 1.807) is 17.6 Å². The minimum atomic E-state index is 0.190. The Balaban J connectivity index is 2.35. The number of nitrogens with one attached hydrogen (secondary N) is 1. The molecule has 2 nitrogen and oxygen atoms in total. The minimum Gasteiger partial charge on any atom is -0.467 e. The average molecular weight is 221 g/mol. The van der Waals surface area contributed by atoms with E-state index in [0.29, 0.717) is 0 Å². The van der Waals surface area contributed by atoms with Crippen LogP contribution in [0.1, 0.15) is 29.2 Å². The van der Waals surface area contributed by atoms with Crippen molar-refractivity contribution in [2.24, 2.45) is 0 Å². The highest BCUT2D eigenvalue weighted by Crippen LogP contribution is 2.29. The average Bonchev–Trinajstić information content (AvgIpc) is 2.89. The molecule has 0 saturated carbocycles. The van der Waals surface area contributed by atoms with Crippen molar-refractivity contribution in [1.82, 2.24) is 5.32 Å². The summed E-state index contributed by atoms with van der Waals surface area (Å²) in [5, 5.41) is 5.44. The maximum absolute atomic E-state index is 5.45. The van der Waals surface area contributed by atoms with E-state index in [9.17, 15) is 0 Å². The summed E-state index contributed by atoms with van der Waals surface area (Å²) in [4.78, 5) is 1.36. The summed E-state index contributed by atoms with van der Waals surface area (Å²) in [6.45, 7) is 2.18. The number of thiophene rings is 1. The Morgan fingerprint density at radius 2 is 2.33 bits per heavy atom. The molecule has 0 amide bonds. The molecule has 80 valence electrons. The van der Waals surface area contributed by atoms with Crippen LogP contribution in [0.15, 0.2) is 34.3 Å². The van der Waals surface area contributed by atoms with Crippen LogP contribution in [0.2, 0.25) is 0 Å². The molecule has 0 aliphatic carbocycles. The third-order valence-corrected chi connectivity index (χ3v) is 3.56. The largest absolute Gasteiger partial charge is 0.467 e. The quantitative estimate of drug-likeness (QED) is 0.857. The molecule has 0 saturated heterocycles. The molecule has 0 bridgehead atoms. The number of furan rings is 1. The molecule has 0 aliphatic rings. The molecule has 1 atom stereocenters. The van der Waals surface area contributed by atoms with Crippen molar-refractivity contribution in [1.29, 1.82) is 0 Å². The lowest BCUT2D eigenvalue weighted by molar-refractivity contribution is 0.465. The van der Waals surface area contributed by atoms with Gasteiger partial charge in [0, 0.05) is 4.88 Å². The molecule has 15 heavy (non-hydrogen) atoms. The lowest BCUT2D eigenvalue weighted by Gasteiger charge is -2.13. The first kappa shape index (κ1) is 10.5. The van der Waals surface area contributed by atoms with Crippen LogP contribution in [0.4, 0.5) is 0 Å². The van der Waals surface area contributed by atoms with Crippen molar-refractivity contribution < 1.29 is 4.42 Å². The Labute approximate surface area is 93.9 Å². The highest BCUT2D eigenvalue weighted by atomic mass is 32.1. The standard InChI is InChI=1S/C12H15NOS/c1-3-9-6-8-15-12(9)11(13-2)10-5-4-7-14-10/h4-8,11,13H,3H2,1-2H3. The third-order valence-electron chi connectivity index (χ3n) is 2.54. The van der Waals surface area contributed by atoms with Gasteiger partial charge < -0.3 is 9.73 Å². The fourth-order valence-corrected chi connectivity index (χ4v) is 2.86. The Morgan fingerprint density at radius 1 is 1.47 bits per heavy atom. The molecule has 2 aromatic heterocycles. The molecular weight excluding hydrogens is 206 g/mol. The minimum absolute atomic E-state index is 0.190. The zero-order valence-electron chi connectivity index (χ0n) is 8.99. The van der Waals surface area contributed by atoms with Crippen molar-refractivity contribution in [3.05, 3.63) is 46.0 Å². The van der Waals surface area contributed by atoms with Crippen LogP contribution in [0.5, 0.6) is 0 Å². The van der Waals surface area contributed by atoms with Crippen LogP contribution in [0, 0.1) is 0 Å². The second-order valence-electron chi connectivity index (χ2n) is 3.40. The molecular formula is C12H15NOS. The molecule has 1 N–H and O–H groups in total. The first-order chi connectivity index (χ1) is 7.36. The van der Waals surface area contributed by atoms with Gasteiger partial charge in [-0.2, -0.15) is 0 Å². The van der Waals surface area contributed by atoms with Gasteiger partial charge in [-0.3, -0.25) is 0 Å². The SMILES string of the molecule is CCc1ccsc1C(NC)c1ccco1. The second kappa shape index (κ2) is 4.64. The fourth-order valence-electron chi connectivity index (χ4n) is 1.75. The van der Waals surface area contributed by atoms with E-state index in [1.807, 2.05) is 19.2 Å². The molecule has 1 unspecified atom stereocenters. The monoisotopic (exact) mass is 221 g/mol. The van der Waals surface area contributed by atoms with Gasteiger partial charge in [0.1, 0.15) is 11.8 Å². The van der Waals surface area contributed by atoms with Crippen LogP contribution < -0.4 is 5.32 Å². The maximum atomic E-state index is 5.45. The predicted octanol–water partition coefficient (Wildman–Crippen LogP) is 3.21.